The summed E-state index contributed by atoms with van der Waals surface area (Å²) in [7, 11) is 0. The number of nitrogens with one attached hydrogen (secondary N) is 3. The lowest BCUT2D eigenvalue weighted by molar-refractivity contribution is -0.144. The molecule has 0 fully saturated rings. The van der Waals surface area contributed by atoms with Crippen LogP contribution in [0, 0.1) is 0 Å². The Hall–Kier alpha value is -4.28. The number of rotatable bonds is 18. The molecule has 17 nitrogen and oxygen atoms in total. The van der Waals surface area contributed by atoms with Crippen LogP contribution < -0.4 is 33.2 Å². The van der Waals surface area contributed by atoms with Gasteiger partial charge in [0, 0.05) is 19.3 Å². The van der Waals surface area contributed by atoms with Crippen molar-refractivity contribution in [3.05, 3.63) is 0 Å². The highest BCUT2D eigenvalue weighted by molar-refractivity contribution is 5.96. The number of carboxylic acid groups (broad SMARTS) is 3. The zero-order valence-electron chi connectivity index (χ0n) is 19.1. The summed E-state index contributed by atoms with van der Waals surface area (Å²) in [4.78, 5) is 92.8. The Morgan fingerprint density at radius 1 is 0.583 bits per heavy atom. The molecule has 0 heterocycles. The molecule has 0 bridgehead atoms. The van der Waals surface area contributed by atoms with E-state index in [0.29, 0.717) is 0 Å². The second-order valence-electron chi connectivity index (χ2n) is 7.67. The third kappa shape index (κ3) is 13.4. The van der Waals surface area contributed by atoms with E-state index in [1.807, 2.05) is 5.32 Å². The highest BCUT2D eigenvalue weighted by Crippen LogP contribution is 2.05. The Labute approximate surface area is 204 Å². The first kappa shape index (κ1) is 31.7. The van der Waals surface area contributed by atoms with Crippen LogP contribution in [0.5, 0.6) is 0 Å². The number of carbonyl (C=O) groups is 8. The summed E-state index contributed by atoms with van der Waals surface area (Å²) in [5.41, 5.74) is 15.6. The predicted octanol–water partition coefficient (Wildman–Crippen LogP) is -4.28. The quantitative estimate of drug-likeness (QED) is 0.0832. The van der Waals surface area contributed by atoms with Gasteiger partial charge in [-0.1, -0.05) is 0 Å². The van der Waals surface area contributed by atoms with Gasteiger partial charge in [0.2, 0.25) is 29.5 Å². The molecule has 0 saturated carbocycles. The van der Waals surface area contributed by atoms with Crippen LogP contribution in [0.15, 0.2) is 0 Å². The fraction of sp³-hybridized carbons (Fsp3) is 0.579. The van der Waals surface area contributed by atoms with Crippen molar-refractivity contribution in [2.75, 3.05) is 0 Å². The molecular formula is C19H30N6O11. The standard InChI is InChI=1S/C19H30N6O11/c20-8(1-4-12(21)26)16(32)25-11(7-15(30)31)18(34)23-9(2-5-13(22)27)17(33)24-10(19(35)36)3-6-14(28)29/h8-11H,1-7,20H2,(H2,21,26)(H2,22,27)(H,23,34)(H,24,33)(H,25,32)(H,28,29)(H,30,31)(H,35,36). The van der Waals surface area contributed by atoms with Crippen LogP contribution in [0.25, 0.3) is 0 Å². The Morgan fingerprint density at radius 3 is 1.50 bits per heavy atom. The molecule has 0 rings (SSSR count). The predicted molar refractivity (Wildman–Crippen MR) is 117 cm³/mol. The Morgan fingerprint density at radius 2 is 1.03 bits per heavy atom. The van der Waals surface area contributed by atoms with Gasteiger partial charge in [0.25, 0.3) is 0 Å². The molecule has 4 unspecified atom stereocenters. The second kappa shape index (κ2) is 15.6. The van der Waals surface area contributed by atoms with Crippen LogP contribution in [0.4, 0.5) is 0 Å². The molecule has 0 aliphatic heterocycles. The molecule has 0 aromatic carbocycles. The zero-order chi connectivity index (χ0) is 28.0. The molecule has 12 N–H and O–H groups in total. The minimum Gasteiger partial charge on any atom is -0.481 e. The van der Waals surface area contributed by atoms with Gasteiger partial charge in [0.1, 0.15) is 18.1 Å². The van der Waals surface area contributed by atoms with Crippen molar-refractivity contribution >= 4 is 47.4 Å². The summed E-state index contributed by atoms with van der Waals surface area (Å²) in [5.74, 6) is -9.33. The van der Waals surface area contributed by atoms with Gasteiger partial charge in [-0.25, -0.2) is 4.79 Å². The molecular weight excluding hydrogens is 488 g/mol. The molecule has 0 aromatic heterocycles. The molecule has 4 atom stereocenters. The lowest BCUT2D eigenvalue weighted by atomic mass is 10.1. The van der Waals surface area contributed by atoms with Crippen LogP contribution in [0.2, 0.25) is 0 Å². The number of carbonyl (C=O) groups excluding carboxylic acids is 5. The smallest absolute Gasteiger partial charge is 0.326 e. The van der Waals surface area contributed by atoms with E-state index in [1.54, 1.807) is 0 Å². The highest BCUT2D eigenvalue weighted by Gasteiger charge is 2.31. The second-order valence-corrected chi connectivity index (χ2v) is 7.67. The molecule has 0 spiro atoms. The minimum atomic E-state index is -1.75. The van der Waals surface area contributed by atoms with Crippen molar-refractivity contribution < 1.29 is 53.7 Å². The third-order valence-corrected chi connectivity index (χ3v) is 4.62. The summed E-state index contributed by atoms with van der Waals surface area (Å²) in [6, 6.07) is -6.32. The largest absolute Gasteiger partial charge is 0.481 e. The Balaban J connectivity index is 5.59. The van der Waals surface area contributed by atoms with Crippen LogP contribution in [-0.2, 0) is 38.4 Å². The van der Waals surface area contributed by atoms with Crippen molar-refractivity contribution in [1.29, 1.82) is 0 Å². The summed E-state index contributed by atoms with van der Waals surface area (Å²) in [6.07, 6.45) is -3.36. The fourth-order valence-electron chi connectivity index (χ4n) is 2.72. The first-order valence-corrected chi connectivity index (χ1v) is 10.5. The first-order valence-electron chi connectivity index (χ1n) is 10.5. The van der Waals surface area contributed by atoms with Gasteiger partial charge in [-0.3, -0.25) is 33.6 Å². The van der Waals surface area contributed by atoms with Gasteiger partial charge in [0.05, 0.1) is 12.5 Å². The molecule has 5 amide bonds. The van der Waals surface area contributed by atoms with Gasteiger partial charge in [0.15, 0.2) is 0 Å². The van der Waals surface area contributed by atoms with Crippen molar-refractivity contribution in [2.24, 2.45) is 17.2 Å². The molecule has 0 aliphatic carbocycles. The van der Waals surface area contributed by atoms with E-state index < -0.39 is 104 Å². The van der Waals surface area contributed by atoms with E-state index in [1.165, 1.54) is 0 Å². The maximum atomic E-state index is 12.7. The first-order chi connectivity index (χ1) is 16.6. The van der Waals surface area contributed by atoms with Crippen LogP contribution in [0.1, 0.15) is 44.9 Å². The maximum absolute atomic E-state index is 12.7. The maximum Gasteiger partial charge on any atom is 0.326 e. The molecule has 0 aliphatic rings. The van der Waals surface area contributed by atoms with Gasteiger partial charge < -0.3 is 48.5 Å². The van der Waals surface area contributed by atoms with E-state index in [0.717, 1.165) is 0 Å². The van der Waals surface area contributed by atoms with E-state index in [2.05, 4.69) is 10.6 Å². The van der Waals surface area contributed by atoms with Crippen molar-refractivity contribution in [2.45, 2.75) is 69.1 Å². The lowest BCUT2D eigenvalue weighted by Crippen LogP contribution is -2.57. The minimum absolute atomic E-state index is 0.195. The summed E-state index contributed by atoms with van der Waals surface area (Å²) in [5, 5.41) is 33.3. The van der Waals surface area contributed by atoms with Gasteiger partial charge in [-0.15, -0.1) is 0 Å². The number of nitrogens with two attached hydrogens (primary N) is 3. The van der Waals surface area contributed by atoms with Crippen molar-refractivity contribution in [3.63, 3.8) is 0 Å². The van der Waals surface area contributed by atoms with Crippen LogP contribution >= 0.6 is 0 Å². The average molecular weight is 518 g/mol. The number of aliphatic carboxylic acids is 3. The topological polar surface area (TPSA) is 311 Å². The molecule has 0 radical (unpaired) electrons. The fourth-order valence-corrected chi connectivity index (χ4v) is 2.72. The van der Waals surface area contributed by atoms with E-state index in [4.69, 9.17) is 27.4 Å². The van der Waals surface area contributed by atoms with Crippen molar-refractivity contribution in [1.82, 2.24) is 16.0 Å². The zero-order valence-corrected chi connectivity index (χ0v) is 19.1. The lowest BCUT2D eigenvalue weighted by Gasteiger charge is -2.24. The van der Waals surface area contributed by atoms with E-state index >= 15 is 0 Å². The van der Waals surface area contributed by atoms with Gasteiger partial charge >= 0.3 is 17.9 Å². The van der Waals surface area contributed by atoms with Crippen molar-refractivity contribution in [3.8, 4) is 0 Å². The number of hydrogen-bond acceptors (Lipinski definition) is 9. The summed E-state index contributed by atoms with van der Waals surface area (Å²) in [6.45, 7) is 0. The Kier molecular flexibility index (Phi) is 13.7. The normalized spacial score (nSPS) is 13.8. The third-order valence-electron chi connectivity index (χ3n) is 4.62. The monoisotopic (exact) mass is 518 g/mol. The SMILES string of the molecule is NC(=O)CCC(N)C(=O)NC(CC(=O)O)C(=O)NC(CCC(N)=O)C(=O)NC(CCC(=O)O)C(=O)O. The number of primary amides is 2. The molecule has 17 heteroatoms. The Bertz CT molecular complexity index is 878. The van der Waals surface area contributed by atoms with Gasteiger partial charge in [-0.2, -0.15) is 0 Å². The summed E-state index contributed by atoms with van der Waals surface area (Å²) >= 11 is 0. The van der Waals surface area contributed by atoms with E-state index in [9.17, 15) is 43.5 Å². The average Bonchev–Trinajstić information content (AvgIpc) is 2.75. The summed E-state index contributed by atoms with van der Waals surface area (Å²) < 4.78 is 0. The van der Waals surface area contributed by atoms with Crippen LogP contribution in [0.3, 0.4) is 0 Å². The molecule has 0 aromatic rings. The highest BCUT2D eigenvalue weighted by atomic mass is 16.4. The molecule has 0 saturated heterocycles. The number of hydrogen-bond donors (Lipinski definition) is 9. The van der Waals surface area contributed by atoms with Crippen LogP contribution in [-0.4, -0.2) is 86.9 Å². The number of carboxylic acids is 3. The van der Waals surface area contributed by atoms with E-state index in [-0.39, 0.29) is 12.8 Å². The molecule has 36 heavy (non-hydrogen) atoms. The number of amides is 5. The molecule has 202 valence electrons. The van der Waals surface area contributed by atoms with Gasteiger partial charge in [-0.05, 0) is 19.3 Å².